The molecule has 0 unspecified atom stereocenters. The molecule has 0 aliphatic rings. The van der Waals surface area contributed by atoms with Gasteiger partial charge in [0.15, 0.2) is 0 Å². The molecule has 2 heterocycles. The maximum absolute atomic E-state index is 11.7. The first-order valence-electron chi connectivity index (χ1n) is 11.4. The highest BCUT2D eigenvalue weighted by Crippen LogP contribution is 2.47. The van der Waals surface area contributed by atoms with E-state index in [9.17, 15) is 5.11 Å². The summed E-state index contributed by atoms with van der Waals surface area (Å²) in [7, 11) is 0. The van der Waals surface area contributed by atoms with Crippen LogP contribution in [0.1, 0.15) is 41.2 Å². The molecule has 1 N–H and O–H groups in total. The van der Waals surface area contributed by atoms with Gasteiger partial charge in [-0.05, 0) is 86.2 Å². The minimum absolute atomic E-state index is 0.203. The Kier molecular flexibility index (Phi) is 5.01. The number of hydrogen-bond acceptors (Lipinski definition) is 5. The van der Waals surface area contributed by atoms with Crippen LogP contribution in [-0.2, 0) is 5.66 Å². The summed E-state index contributed by atoms with van der Waals surface area (Å²) in [6, 6.07) is 15.6. The highest BCUT2D eigenvalue weighted by molar-refractivity contribution is 5.78. The fourth-order valence-electron chi connectivity index (χ4n) is 4.96. The smallest absolute Gasteiger partial charge is 0.209 e. The zero-order valence-corrected chi connectivity index (χ0v) is 20.2. The van der Waals surface area contributed by atoms with Gasteiger partial charge in [-0.1, -0.05) is 48.2 Å². The highest BCUT2D eigenvalue weighted by atomic mass is 16.3. The van der Waals surface area contributed by atoms with Crippen molar-refractivity contribution < 1.29 is 5.11 Å². The zero-order chi connectivity index (χ0) is 24.2. The van der Waals surface area contributed by atoms with Gasteiger partial charge in [-0.25, -0.2) is 9.36 Å². The molecule has 5 aromatic rings. The lowest BCUT2D eigenvalue weighted by Crippen LogP contribution is -2.46. The molecule has 0 amide bonds. The van der Waals surface area contributed by atoms with E-state index in [1.54, 1.807) is 0 Å². The average molecular weight is 453 g/mol. The van der Waals surface area contributed by atoms with Crippen LogP contribution in [-0.4, -0.2) is 35.1 Å². The number of nitrogens with zero attached hydrogens (tertiary/aromatic N) is 6. The predicted molar refractivity (Wildman–Crippen MR) is 134 cm³/mol. The molecule has 0 saturated heterocycles. The number of para-hydroxylation sites is 2. The Labute approximate surface area is 198 Å². The van der Waals surface area contributed by atoms with Gasteiger partial charge in [-0.2, -0.15) is 0 Å². The van der Waals surface area contributed by atoms with Crippen molar-refractivity contribution in [2.75, 3.05) is 0 Å². The van der Waals surface area contributed by atoms with E-state index in [1.165, 1.54) is 0 Å². The molecule has 0 spiro atoms. The second kappa shape index (κ2) is 7.80. The monoisotopic (exact) mass is 452 g/mol. The van der Waals surface area contributed by atoms with Gasteiger partial charge in [-0.15, -0.1) is 10.2 Å². The topological polar surface area (TPSA) is 81.6 Å². The van der Waals surface area contributed by atoms with Crippen LogP contribution in [0.4, 0.5) is 0 Å². The average Bonchev–Trinajstić information content (AvgIpc) is 3.49. The minimum atomic E-state index is -1.20. The molecule has 34 heavy (non-hydrogen) atoms. The molecule has 172 valence electrons. The second-order valence-electron chi connectivity index (χ2n) is 8.83. The number of rotatable bonds is 5. The lowest BCUT2D eigenvalue weighted by atomic mass is 9.81. The Morgan fingerprint density at radius 3 is 1.76 bits per heavy atom. The van der Waals surface area contributed by atoms with Crippen LogP contribution >= 0.6 is 0 Å². The fourth-order valence-corrected chi connectivity index (χ4v) is 4.96. The summed E-state index contributed by atoms with van der Waals surface area (Å²) in [5, 5.41) is 30.0. The molecule has 0 bridgehead atoms. The van der Waals surface area contributed by atoms with Crippen LogP contribution < -0.4 is 0 Å². The molecule has 7 heteroatoms. The van der Waals surface area contributed by atoms with Gasteiger partial charge in [0, 0.05) is 0 Å². The minimum Gasteiger partial charge on any atom is -0.507 e. The quantitative estimate of drug-likeness (QED) is 0.365. The standard InChI is InChI=1S/C27H28N6O/c1-7-16(2)27(32-23-14-10-8-12-21(23)28-30-32,33-24-15-11-9-13-22(24)29-31-33)25-19(5)17(3)18(4)20(6)26(25)34/h8-15,34H,2,7H2,1,3-6H3. The van der Waals surface area contributed by atoms with Crippen LogP contribution in [0, 0.1) is 27.7 Å². The fraction of sp³-hybridized carbons (Fsp3) is 0.259. The number of benzene rings is 3. The first-order chi connectivity index (χ1) is 16.3. The van der Waals surface area contributed by atoms with Gasteiger partial charge in [0.05, 0.1) is 16.6 Å². The van der Waals surface area contributed by atoms with Crippen molar-refractivity contribution in [3.8, 4) is 5.75 Å². The summed E-state index contributed by atoms with van der Waals surface area (Å²) in [6.45, 7) is 14.7. The van der Waals surface area contributed by atoms with E-state index in [0.717, 1.165) is 49.9 Å². The van der Waals surface area contributed by atoms with Crippen molar-refractivity contribution >= 4 is 22.1 Å². The van der Waals surface area contributed by atoms with Gasteiger partial charge >= 0.3 is 0 Å². The molecular weight excluding hydrogens is 424 g/mol. The number of hydrogen-bond donors (Lipinski definition) is 1. The Bertz CT molecular complexity index is 1470. The molecule has 0 radical (unpaired) electrons. The summed E-state index contributed by atoms with van der Waals surface area (Å²) in [5.74, 6) is 0.203. The number of phenols is 1. The predicted octanol–water partition coefficient (Wildman–Crippen LogP) is 5.33. The summed E-state index contributed by atoms with van der Waals surface area (Å²) >= 11 is 0. The molecule has 5 rings (SSSR count). The maximum atomic E-state index is 11.7. The molecule has 3 aromatic carbocycles. The maximum Gasteiger partial charge on any atom is 0.209 e. The Morgan fingerprint density at radius 2 is 1.26 bits per heavy atom. The summed E-state index contributed by atoms with van der Waals surface area (Å²) < 4.78 is 3.68. The Hall–Kier alpha value is -4.00. The number of aromatic nitrogens is 6. The van der Waals surface area contributed by atoms with E-state index in [0.29, 0.717) is 12.0 Å². The third kappa shape index (κ3) is 2.76. The van der Waals surface area contributed by atoms with Gasteiger partial charge in [0.1, 0.15) is 16.8 Å². The van der Waals surface area contributed by atoms with E-state index in [-0.39, 0.29) is 5.75 Å². The van der Waals surface area contributed by atoms with E-state index >= 15 is 0 Å². The van der Waals surface area contributed by atoms with Crippen molar-refractivity contribution in [3.05, 3.63) is 88.5 Å². The molecular formula is C27H28N6O. The van der Waals surface area contributed by atoms with E-state index in [1.807, 2.05) is 78.7 Å². The van der Waals surface area contributed by atoms with Crippen LogP contribution in [0.15, 0.2) is 60.7 Å². The van der Waals surface area contributed by atoms with Gasteiger partial charge in [-0.3, -0.25) is 0 Å². The number of aromatic hydroxyl groups is 1. The van der Waals surface area contributed by atoms with Crippen molar-refractivity contribution in [2.45, 2.75) is 46.7 Å². The van der Waals surface area contributed by atoms with Crippen LogP contribution in [0.2, 0.25) is 0 Å². The van der Waals surface area contributed by atoms with Gasteiger partial charge in [0.2, 0.25) is 5.66 Å². The molecule has 0 aliphatic carbocycles. The lowest BCUT2D eigenvalue weighted by Gasteiger charge is -2.39. The molecule has 0 atom stereocenters. The van der Waals surface area contributed by atoms with Crippen LogP contribution in [0.25, 0.3) is 22.1 Å². The highest BCUT2D eigenvalue weighted by Gasteiger charge is 2.47. The molecule has 0 aliphatic heterocycles. The number of allylic oxidation sites excluding steroid dienone is 1. The summed E-state index contributed by atoms with van der Waals surface area (Å²) in [4.78, 5) is 0. The van der Waals surface area contributed by atoms with E-state index < -0.39 is 5.66 Å². The van der Waals surface area contributed by atoms with Crippen molar-refractivity contribution in [3.63, 3.8) is 0 Å². The van der Waals surface area contributed by atoms with E-state index in [2.05, 4.69) is 41.1 Å². The van der Waals surface area contributed by atoms with Crippen molar-refractivity contribution in [2.24, 2.45) is 0 Å². The van der Waals surface area contributed by atoms with Crippen LogP contribution in [0.3, 0.4) is 0 Å². The zero-order valence-electron chi connectivity index (χ0n) is 20.2. The molecule has 0 saturated carbocycles. The lowest BCUT2D eigenvalue weighted by molar-refractivity contribution is 0.278. The summed E-state index contributed by atoms with van der Waals surface area (Å²) in [5.41, 5.74) is 7.35. The second-order valence-corrected chi connectivity index (χ2v) is 8.83. The first-order valence-corrected chi connectivity index (χ1v) is 11.4. The Balaban J connectivity index is 2.07. The third-order valence-corrected chi connectivity index (χ3v) is 7.24. The van der Waals surface area contributed by atoms with Gasteiger partial charge < -0.3 is 5.11 Å². The molecule has 7 nitrogen and oxygen atoms in total. The Morgan fingerprint density at radius 1 is 0.794 bits per heavy atom. The molecule has 0 fully saturated rings. The van der Waals surface area contributed by atoms with Crippen molar-refractivity contribution in [1.29, 1.82) is 0 Å². The van der Waals surface area contributed by atoms with Crippen molar-refractivity contribution in [1.82, 2.24) is 30.0 Å². The normalized spacial score (nSPS) is 12.0. The van der Waals surface area contributed by atoms with E-state index in [4.69, 9.17) is 0 Å². The summed E-state index contributed by atoms with van der Waals surface area (Å²) in [6.07, 6.45) is 0.618. The molecule has 2 aromatic heterocycles. The first kappa shape index (κ1) is 21.8. The number of fused-ring (bicyclic) bond motifs is 2. The number of phenolic OH excluding ortho intramolecular Hbond substituents is 1. The van der Waals surface area contributed by atoms with Gasteiger partial charge in [0.25, 0.3) is 0 Å². The SMILES string of the molecule is C=C(CC)C(c1c(C)c(C)c(C)c(C)c1O)(n1nnc2ccccc21)n1nnc2ccccc21. The largest absolute Gasteiger partial charge is 0.507 e. The van der Waals surface area contributed by atoms with Crippen LogP contribution in [0.5, 0.6) is 5.75 Å². The third-order valence-electron chi connectivity index (χ3n) is 7.24.